The maximum Gasteiger partial charge on any atom is 0.259 e. The van der Waals surface area contributed by atoms with Crippen LogP contribution in [0.4, 0.5) is 0 Å². The fraction of sp³-hybridized carbons (Fsp3) is 0.444. The lowest BCUT2D eigenvalue weighted by Gasteiger charge is -2.30. The first kappa shape index (κ1) is 15.6. The number of benzene rings is 1. The van der Waals surface area contributed by atoms with Crippen LogP contribution in [0.15, 0.2) is 29.2 Å². The molecule has 1 aliphatic rings. The molecule has 1 aromatic carbocycles. The molecule has 1 aliphatic heterocycles. The summed E-state index contributed by atoms with van der Waals surface area (Å²) < 4.78 is 5.45. The summed E-state index contributed by atoms with van der Waals surface area (Å²) in [7, 11) is 0. The number of piperidine rings is 1. The predicted molar refractivity (Wildman–Crippen MR) is 90.0 cm³/mol. The number of aromatic nitrogens is 1. The van der Waals surface area contributed by atoms with Crippen LogP contribution in [-0.2, 0) is 0 Å². The van der Waals surface area contributed by atoms with Gasteiger partial charge in [-0.25, -0.2) is 0 Å². The van der Waals surface area contributed by atoms with Crippen molar-refractivity contribution in [2.24, 2.45) is 5.92 Å². The lowest BCUT2D eigenvalue weighted by molar-refractivity contribution is 0.0681. The molecule has 1 saturated heterocycles. The zero-order valence-corrected chi connectivity index (χ0v) is 13.6. The number of nitrogens with one attached hydrogen (secondary N) is 1. The van der Waals surface area contributed by atoms with E-state index in [-0.39, 0.29) is 16.9 Å². The second-order valence-electron chi connectivity index (χ2n) is 6.17. The molecule has 0 saturated carbocycles. The topological polar surface area (TPSA) is 62.4 Å². The third kappa shape index (κ3) is 3.09. The number of pyridine rings is 1. The van der Waals surface area contributed by atoms with Crippen LogP contribution in [0.3, 0.4) is 0 Å². The largest absolute Gasteiger partial charge is 0.494 e. The van der Waals surface area contributed by atoms with Crippen molar-refractivity contribution in [3.05, 3.63) is 40.2 Å². The summed E-state index contributed by atoms with van der Waals surface area (Å²) in [4.78, 5) is 30.3. The van der Waals surface area contributed by atoms with E-state index in [1.54, 1.807) is 17.0 Å². The number of nitrogens with zero attached hydrogens (tertiary/aromatic N) is 1. The molecule has 0 aliphatic carbocycles. The zero-order valence-electron chi connectivity index (χ0n) is 13.6. The Bertz CT molecular complexity index is 781. The third-order valence-electron chi connectivity index (χ3n) is 4.34. The van der Waals surface area contributed by atoms with Gasteiger partial charge in [-0.1, -0.05) is 6.92 Å². The van der Waals surface area contributed by atoms with Crippen molar-refractivity contribution in [1.29, 1.82) is 0 Å². The van der Waals surface area contributed by atoms with Crippen LogP contribution in [0.25, 0.3) is 10.9 Å². The summed E-state index contributed by atoms with van der Waals surface area (Å²) in [6, 6.07) is 5.32. The van der Waals surface area contributed by atoms with Crippen molar-refractivity contribution < 1.29 is 9.53 Å². The highest BCUT2D eigenvalue weighted by molar-refractivity contribution is 5.97. The standard InChI is InChI=1S/C18H22N2O3/c1-3-23-13-6-7-16-14(9-13)17(21)15(10-19-16)18(22)20-8-4-5-12(2)11-20/h6-7,9-10,12H,3-5,8,11H2,1-2H3,(H,19,21)/t12-/m0/s1. The lowest BCUT2D eigenvalue weighted by atomic mass is 9.99. The second-order valence-corrected chi connectivity index (χ2v) is 6.17. The Morgan fingerprint density at radius 3 is 3.00 bits per heavy atom. The summed E-state index contributed by atoms with van der Waals surface area (Å²) in [5.41, 5.74) is 0.686. The molecule has 0 spiro atoms. The summed E-state index contributed by atoms with van der Waals surface area (Å²) >= 11 is 0. The van der Waals surface area contributed by atoms with E-state index in [9.17, 15) is 9.59 Å². The minimum Gasteiger partial charge on any atom is -0.494 e. The van der Waals surface area contributed by atoms with Crippen LogP contribution in [0.2, 0.25) is 0 Å². The van der Waals surface area contributed by atoms with Crippen molar-refractivity contribution in [3.63, 3.8) is 0 Å². The van der Waals surface area contributed by atoms with Gasteiger partial charge in [-0.3, -0.25) is 9.59 Å². The summed E-state index contributed by atoms with van der Waals surface area (Å²) in [6.45, 7) is 6.01. The van der Waals surface area contributed by atoms with Crippen molar-refractivity contribution in [3.8, 4) is 5.75 Å². The van der Waals surface area contributed by atoms with E-state index in [1.165, 1.54) is 6.20 Å². The fourth-order valence-corrected chi connectivity index (χ4v) is 3.16. The molecule has 1 N–H and O–H groups in total. The van der Waals surface area contributed by atoms with Crippen LogP contribution in [-0.4, -0.2) is 35.5 Å². The molecular weight excluding hydrogens is 292 g/mol. The number of hydrogen-bond acceptors (Lipinski definition) is 3. The van der Waals surface area contributed by atoms with Crippen molar-refractivity contribution in [1.82, 2.24) is 9.88 Å². The number of amides is 1. The number of aromatic amines is 1. The summed E-state index contributed by atoms with van der Waals surface area (Å²) in [5, 5.41) is 0.492. The smallest absolute Gasteiger partial charge is 0.259 e. The predicted octanol–water partition coefficient (Wildman–Crippen LogP) is 2.80. The average Bonchev–Trinajstić information content (AvgIpc) is 2.55. The number of rotatable bonds is 3. The number of carbonyl (C=O) groups excluding carboxylic acids is 1. The van der Waals surface area contributed by atoms with Crippen LogP contribution >= 0.6 is 0 Å². The van der Waals surface area contributed by atoms with E-state index < -0.39 is 0 Å². The molecule has 0 radical (unpaired) electrons. The average molecular weight is 314 g/mol. The van der Waals surface area contributed by atoms with Gasteiger partial charge in [-0.15, -0.1) is 0 Å². The Morgan fingerprint density at radius 1 is 1.43 bits per heavy atom. The van der Waals surface area contributed by atoms with Crippen molar-refractivity contribution in [2.75, 3.05) is 19.7 Å². The van der Waals surface area contributed by atoms with E-state index in [0.717, 1.165) is 25.9 Å². The van der Waals surface area contributed by atoms with Crippen molar-refractivity contribution in [2.45, 2.75) is 26.7 Å². The van der Waals surface area contributed by atoms with Gasteiger partial charge in [0.1, 0.15) is 11.3 Å². The second kappa shape index (κ2) is 6.44. The molecule has 122 valence electrons. The SMILES string of the molecule is CCOc1ccc2[nH]cc(C(=O)N3CCC[C@H](C)C3)c(=O)c2c1. The van der Waals surface area contributed by atoms with E-state index in [1.807, 2.05) is 13.0 Å². The lowest BCUT2D eigenvalue weighted by Crippen LogP contribution is -2.41. The Balaban J connectivity index is 1.99. The van der Waals surface area contributed by atoms with Crippen LogP contribution < -0.4 is 10.2 Å². The number of carbonyl (C=O) groups is 1. The van der Waals surface area contributed by atoms with Gasteiger partial charge in [-0.05, 0) is 43.9 Å². The summed E-state index contributed by atoms with van der Waals surface area (Å²) in [5.74, 6) is 0.944. The Hall–Kier alpha value is -2.30. The van der Waals surface area contributed by atoms with Crippen molar-refractivity contribution >= 4 is 16.8 Å². The van der Waals surface area contributed by atoms with Gasteiger partial charge in [0.05, 0.1) is 6.61 Å². The van der Waals surface area contributed by atoms with Crippen LogP contribution in [0.1, 0.15) is 37.0 Å². The quantitative estimate of drug-likeness (QED) is 0.947. The van der Waals surface area contributed by atoms with Gasteiger partial charge in [0.25, 0.3) is 5.91 Å². The number of ether oxygens (including phenoxy) is 1. The first-order chi connectivity index (χ1) is 11.1. The van der Waals surface area contributed by atoms with Gasteiger partial charge >= 0.3 is 0 Å². The minimum atomic E-state index is -0.233. The molecule has 2 aromatic rings. The molecule has 1 aromatic heterocycles. The molecule has 3 rings (SSSR count). The number of H-pyrrole nitrogens is 1. The first-order valence-electron chi connectivity index (χ1n) is 8.17. The summed E-state index contributed by atoms with van der Waals surface area (Å²) in [6.07, 6.45) is 3.66. The first-order valence-corrected chi connectivity index (χ1v) is 8.17. The minimum absolute atomic E-state index is 0.179. The monoisotopic (exact) mass is 314 g/mol. The molecule has 5 heteroatoms. The van der Waals surface area contributed by atoms with Gasteiger partial charge in [0.2, 0.25) is 5.43 Å². The molecule has 1 amide bonds. The molecule has 0 bridgehead atoms. The van der Waals surface area contributed by atoms with Gasteiger partial charge in [0.15, 0.2) is 0 Å². The van der Waals surface area contributed by atoms with E-state index >= 15 is 0 Å². The molecule has 1 fully saturated rings. The number of likely N-dealkylation sites (tertiary alicyclic amines) is 1. The highest BCUT2D eigenvalue weighted by Gasteiger charge is 2.24. The molecule has 2 heterocycles. The Labute approximate surface area is 135 Å². The van der Waals surface area contributed by atoms with Crippen LogP contribution in [0.5, 0.6) is 5.75 Å². The fourth-order valence-electron chi connectivity index (χ4n) is 3.16. The van der Waals surface area contributed by atoms with E-state index in [4.69, 9.17) is 4.74 Å². The molecule has 0 unspecified atom stereocenters. The van der Waals surface area contributed by atoms with E-state index in [2.05, 4.69) is 11.9 Å². The third-order valence-corrected chi connectivity index (χ3v) is 4.34. The van der Waals surface area contributed by atoms with Gasteiger partial charge in [-0.2, -0.15) is 0 Å². The zero-order chi connectivity index (χ0) is 16.4. The highest BCUT2D eigenvalue weighted by atomic mass is 16.5. The molecule has 1 atom stereocenters. The van der Waals surface area contributed by atoms with E-state index in [0.29, 0.717) is 29.2 Å². The Morgan fingerprint density at radius 2 is 2.26 bits per heavy atom. The van der Waals surface area contributed by atoms with Crippen LogP contribution in [0, 0.1) is 5.92 Å². The molecule has 5 nitrogen and oxygen atoms in total. The number of fused-ring (bicyclic) bond motifs is 1. The maximum absolute atomic E-state index is 12.7. The Kier molecular flexibility index (Phi) is 4.37. The maximum atomic E-state index is 12.7. The van der Waals surface area contributed by atoms with Gasteiger partial charge in [0, 0.05) is 30.2 Å². The highest BCUT2D eigenvalue weighted by Crippen LogP contribution is 2.20. The number of hydrogen-bond donors (Lipinski definition) is 1. The molecule has 23 heavy (non-hydrogen) atoms. The molecular formula is C18H22N2O3. The van der Waals surface area contributed by atoms with Gasteiger partial charge < -0.3 is 14.6 Å². The normalized spacial score (nSPS) is 18.2.